The van der Waals surface area contributed by atoms with Crippen LogP contribution in [-0.4, -0.2) is 52.1 Å². The van der Waals surface area contributed by atoms with Crippen molar-refractivity contribution in [2.24, 2.45) is 0 Å². The molecule has 0 unspecified atom stereocenters. The smallest absolute Gasteiger partial charge is 0.196 e. The summed E-state index contributed by atoms with van der Waals surface area (Å²) in [6, 6.07) is 16.6. The van der Waals surface area contributed by atoms with Crippen LogP contribution < -0.4 is 14.2 Å². The molecule has 0 fully saturated rings. The molecule has 34 heavy (non-hydrogen) atoms. The second kappa shape index (κ2) is 10.8. The number of hydrogen-bond donors (Lipinski definition) is 0. The summed E-state index contributed by atoms with van der Waals surface area (Å²) in [6.07, 6.45) is 3.41. The Bertz CT molecular complexity index is 1260. The molecule has 8 nitrogen and oxygen atoms in total. The average molecular weight is 477 g/mol. The number of methoxy groups -OCH3 is 2. The van der Waals surface area contributed by atoms with E-state index in [1.165, 1.54) is 18.9 Å². The van der Waals surface area contributed by atoms with Gasteiger partial charge in [-0.05, 0) is 61.5 Å². The molecule has 0 N–H and O–H groups in total. The lowest BCUT2D eigenvalue weighted by Crippen LogP contribution is -2.07. The Balaban J connectivity index is 1.66. The number of carbonyl (C=O) groups is 1. The van der Waals surface area contributed by atoms with Gasteiger partial charge in [0.2, 0.25) is 0 Å². The first-order valence-corrected chi connectivity index (χ1v) is 11.6. The van der Waals surface area contributed by atoms with Crippen LogP contribution in [0.15, 0.2) is 72.1 Å². The first-order valence-electron chi connectivity index (χ1n) is 10.6. The Morgan fingerprint density at radius 2 is 1.68 bits per heavy atom. The maximum absolute atomic E-state index is 13.1. The zero-order chi connectivity index (χ0) is 23.9. The summed E-state index contributed by atoms with van der Waals surface area (Å²) in [6.45, 7) is 2.53. The minimum absolute atomic E-state index is 0.104. The summed E-state index contributed by atoms with van der Waals surface area (Å²) in [7, 11) is 3.10. The molecule has 4 aromatic rings. The zero-order valence-corrected chi connectivity index (χ0v) is 19.9. The summed E-state index contributed by atoms with van der Waals surface area (Å²) < 4.78 is 18.1. The molecule has 174 valence electrons. The van der Waals surface area contributed by atoms with Gasteiger partial charge in [0.25, 0.3) is 0 Å². The van der Waals surface area contributed by atoms with Crippen LogP contribution in [0, 0.1) is 0 Å². The number of thioether (sulfide) groups is 1. The van der Waals surface area contributed by atoms with E-state index < -0.39 is 0 Å². The minimum atomic E-state index is -0.104. The summed E-state index contributed by atoms with van der Waals surface area (Å²) in [5, 5.41) is 9.39. The molecule has 0 saturated heterocycles. The Morgan fingerprint density at radius 1 is 0.941 bits per heavy atom. The quantitative estimate of drug-likeness (QED) is 0.240. The highest BCUT2D eigenvalue weighted by Gasteiger charge is 2.20. The van der Waals surface area contributed by atoms with Crippen LogP contribution in [0.4, 0.5) is 0 Å². The van der Waals surface area contributed by atoms with E-state index >= 15 is 0 Å². The number of nitrogens with zero attached hydrogens (tertiary/aromatic N) is 4. The standard InChI is InChI=1S/C25H24N4O4S/c1-4-33-19-7-5-18(6-8-19)29-24(17-11-13-26-14-12-17)27-28-25(29)34-16-22(30)21-15-20(31-2)9-10-23(21)32-3/h5-15H,4,16H2,1-3H3. The van der Waals surface area contributed by atoms with Crippen LogP contribution in [0.2, 0.25) is 0 Å². The second-order valence-corrected chi connectivity index (χ2v) is 8.02. The molecule has 4 rings (SSSR count). The van der Waals surface area contributed by atoms with Gasteiger partial charge in [0, 0.05) is 23.6 Å². The molecular weight excluding hydrogens is 452 g/mol. The molecule has 0 radical (unpaired) electrons. The fraction of sp³-hybridized carbons (Fsp3) is 0.200. The molecule has 0 aliphatic carbocycles. The van der Waals surface area contributed by atoms with Gasteiger partial charge in [-0.2, -0.15) is 0 Å². The van der Waals surface area contributed by atoms with Crippen molar-refractivity contribution < 1.29 is 19.0 Å². The van der Waals surface area contributed by atoms with Gasteiger partial charge < -0.3 is 14.2 Å². The van der Waals surface area contributed by atoms with E-state index in [0.717, 1.165) is 17.0 Å². The predicted molar refractivity (Wildman–Crippen MR) is 130 cm³/mol. The monoisotopic (exact) mass is 476 g/mol. The van der Waals surface area contributed by atoms with Crippen LogP contribution in [0.5, 0.6) is 17.2 Å². The average Bonchev–Trinajstić information content (AvgIpc) is 3.32. The minimum Gasteiger partial charge on any atom is -0.497 e. The van der Waals surface area contributed by atoms with Gasteiger partial charge in [0.15, 0.2) is 16.8 Å². The largest absolute Gasteiger partial charge is 0.497 e. The van der Waals surface area contributed by atoms with Crippen LogP contribution >= 0.6 is 11.8 Å². The highest BCUT2D eigenvalue weighted by Crippen LogP contribution is 2.31. The van der Waals surface area contributed by atoms with Crippen LogP contribution in [0.25, 0.3) is 17.1 Å². The van der Waals surface area contributed by atoms with Crippen molar-refractivity contribution >= 4 is 17.5 Å². The number of carbonyl (C=O) groups excluding carboxylic acids is 1. The van der Waals surface area contributed by atoms with Crippen molar-refractivity contribution in [1.29, 1.82) is 0 Å². The molecule has 0 spiro atoms. The lowest BCUT2D eigenvalue weighted by molar-refractivity contribution is 0.101. The van der Waals surface area contributed by atoms with Crippen molar-refractivity contribution in [2.75, 3.05) is 26.6 Å². The van der Waals surface area contributed by atoms with E-state index in [4.69, 9.17) is 14.2 Å². The van der Waals surface area contributed by atoms with Crippen molar-refractivity contribution in [3.05, 3.63) is 72.6 Å². The Hall–Kier alpha value is -3.85. The SMILES string of the molecule is CCOc1ccc(-n2c(SCC(=O)c3cc(OC)ccc3OC)nnc2-c2ccncc2)cc1. The summed E-state index contributed by atoms with van der Waals surface area (Å²) >= 11 is 1.30. The van der Waals surface area contributed by atoms with Gasteiger partial charge in [0.1, 0.15) is 17.2 Å². The molecule has 0 amide bonds. The molecule has 2 aromatic carbocycles. The highest BCUT2D eigenvalue weighted by atomic mass is 32.2. The number of Topliss-reactive ketones (excluding diaryl/α,β-unsaturated/α-hetero) is 1. The molecule has 0 aliphatic heterocycles. The molecule has 9 heteroatoms. The Morgan fingerprint density at radius 3 is 2.35 bits per heavy atom. The fourth-order valence-corrected chi connectivity index (χ4v) is 4.22. The molecule has 0 bridgehead atoms. The molecule has 0 saturated carbocycles. The van der Waals surface area contributed by atoms with E-state index in [2.05, 4.69) is 15.2 Å². The van der Waals surface area contributed by atoms with E-state index in [1.807, 2.05) is 47.9 Å². The Labute approximate surface area is 201 Å². The number of pyridine rings is 1. The molecule has 0 aliphatic rings. The third-order valence-electron chi connectivity index (χ3n) is 5.02. The van der Waals surface area contributed by atoms with E-state index in [-0.39, 0.29) is 11.5 Å². The first-order chi connectivity index (χ1) is 16.6. The second-order valence-electron chi connectivity index (χ2n) is 7.08. The molecule has 0 atom stereocenters. The van der Waals surface area contributed by atoms with Gasteiger partial charge in [0.05, 0.1) is 32.1 Å². The maximum Gasteiger partial charge on any atom is 0.196 e. The van der Waals surface area contributed by atoms with E-state index in [9.17, 15) is 4.79 Å². The summed E-state index contributed by atoms with van der Waals surface area (Å²) in [5.41, 5.74) is 2.18. The Kier molecular flexibility index (Phi) is 7.44. The summed E-state index contributed by atoms with van der Waals surface area (Å²) in [5.74, 6) is 2.56. The van der Waals surface area contributed by atoms with Crippen molar-refractivity contribution in [1.82, 2.24) is 19.7 Å². The number of aromatic nitrogens is 4. The van der Waals surface area contributed by atoms with Crippen LogP contribution in [0.3, 0.4) is 0 Å². The molecule has 2 aromatic heterocycles. The van der Waals surface area contributed by atoms with Gasteiger partial charge in [-0.15, -0.1) is 10.2 Å². The van der Waals surface area contributed by atoms with Gasteiger partial charge in [-0.3, -0.25) is 14.3 Å². The van der Waals surface area contributed by atoms with Crippen molar-refractivity contribution in [3.8, 4) is 34.3 Å². The van der Waals surface area contributed by atoms with Gasteiger partial charge in [-0.1, -0.05) is 11.8 Å². The fourth-order valence-electron chi connectivity index (χ4n) is 3.38. The van der Waals surface area contributed by atoms with Crippen molar-refractivity contribution in [3.63, 3.8) is 0 Å². The normalized spacial score (nSPS) is 10.7. The van der Waals surface area contributed by atoms with Crippen molar-refractivity contribution in [2.45, 2.75) is 12.1 Å². The topological polar surface area (TPSA) is 88.4 Å². The first kappa shape index (κ1) is 23.3. The van der Waals surface area contributed by atoms with E-state index in [0.29, 0.717) is 34.7 Å². The number of benzene rings is 2. The van der Waals surface area contributed by atoms with Gasteiger partial charge >= 0.3 is 0 Å². The number of ketones is 1. The highest BCUT2D eigenvalue weighted by molar-refractivity contribution is 7.99. The predicted octanol–water partition coefficient (Wildman–Crippen LogP) is 4.72. The van der Waals surface area contributed by atoms with Crippen LogP contribution in [0.1, 0.15) is 17.3 Å². The number of rotatable bonds is 10. The third-order valence-corrected chi connectivity index (χ3v) is 5.95. The lowest BCUT2D eigenvalue weighted by Gasteiger charge is -2.12. The third kappa shape index (κ3) is 5.04. The summed E-state index contributed by atoms with van der Waals surface area (Å²) in [4.78, 5) is 17.2. The van der Waals surface area contributed by atoms with Crippen LogP contribution in [-0.2, 0) is 0 Å². The molecule has 2 heterocycles. The van der Waals surface area contributed by atoms with Gasteiger partial charge in [-0.25, -0.2) is 0 Å². The lowest BCUT2D eigenvalue weighted by atomic mass is 10.1. The zero-order valence-electron chi connectivity index (χ0n) is 19.1. The number of ether oxygens (including phenoxy) is 3. The maximum atomic E-state index is 13.1. The number of hydrogen-bond acceptors (Lipinski definition) is 8. The van der Waals surface area contributed by atoms with E-state index in [1.54, 1.807) is 37.7 Å². The molecular formula is C25H24N4O4S.